The SMILES string of the molecule is CCCC(Cc1ccccc1)N[C@H](C)CO. The van der Waals surface area contributed by atoms with E-state index in [-0.39, 0.29) is 12.6 Å². The molecule has 1 rings (SSSR count). The van der Waals surface area contributed by atoms with Gasteiger partial charge in [-0.3, -0.25) is 0 Å². The van der Waals surface area contributed by atoms with E-state index in [1.807, 2.05) is 13.0 Å². The third kappa shape index (κ3) is 4.77. The van der Waals surface area contributed by atoms with Crippen LogP contribution in [0.4, 0.5) is 0 Å². The zero-order valence-corrected chi connectivity index (χ0v) is 10.3. The third-order valence-corrected chi connectivity index (χ3v) is 2.76. The summed E-state index contributed by atoms with van der Waals surface area (Å²) in [4.78, 5) is 0. The van der Waals surface area contributed by atoms with Gasteiger partial charge in [0, 0.05) is 12.1 Å². The van der Waals surface area contributed by atoms with Gasteiger partial charge in [0.2, 0.25) is 0 Å². The molecule has 0 radical (unpaired) electrons. The summed E-state index contributed by atoms with van der Waals surface area (Å²) in [5, 5.41) is 12.5. The largest absolute Gasteiger partial charge is 0.395 e. The Morgan fingerprint density at radius 2 is 1.94 bits per heavy atom. The average molecular weight is 221 g/mol. The van der Waals surface area contributed by atoms with Crippen molar-refractivity contribution in [3.05, 3.63) is 35.9 Å². The van der Waals surface area contributed by atoms with E-state index in [1.54, 1.807) is 0 Å². The Hall–Kier alpha value is -0.860. The van der Waals surface area contributed by atoms with Crippen LogP contribution in [0, 0.1) is 0 Å². The molecule has 0 heterocycles. The van der Waals surface area contributed by atoms with Crippen LogP contribution < -0.4 is 5.32 Å². The van der Waals surface area contributed by atoms with Gasteiger partial charge in [-0.25, -0.2) is 0 Å². The summed E-state index contributed by atoms with van der Waals surface area (Å²) in [7, 11) is 0. The second-order valence-corrected chi connectivity index (χ2v) is 4.43. The van der Waals surface area contributed by atoms with Crippen molar-refractivity contribution < 1.29 is 5.11 Å². The molecule has 0 spiro atoms. The van der Waals surface area contributed by atoms with Gasteiger partial charge < -0.3 is 10.4 Å². The first kappa shape index (κ1) is 13.2. The van der Waals surface area contributed by atoms with Crippen LogP contribution in [0.5, 0.6) is 0 Å². The van der Waals surface area contributed by atoms with E-state index in [0.29, 0.717) is 6.04 Å². The molecule has 0 aromatic heterocycles. The fourth-order valence-electron chi connectivity index (χ4n) is 1.95. The van der Waals surface area contributed by atoms with Crippen LogP contribution in [0.3, 0.4) is 0 Å². The first-order valence-electron chi connectivity index (χ1n) is 6.17. The molecule has 1 unspecified atom stereocenters. The van der Waals surface area contributed by atoms with Crippen molar-refractivity contribution in [2.45, 2.75) is 45.2 Å². The van der Waals surface area contributed by atoms with E-state index in [9.17, 15) is 0 Å². The van der Waals surface area contributed by atoms with Crippen LogP contribution in [0.2, 0.25) is 0 Å². The molecule has 2 atom stereocenters. The number of aliphatic hydroxyl groups is 1. The third-order valence-electron chi connectivity index (χ3n) is 2.76. The molecule has 0 saturated carbocycles. The maximum absolute atomic E-state index is 9.06. The number of benzene rings is 1. The van der Waals surface area contributed by atoms with Gasteiger partial charge in [0.1, 0.15) is 0 Å². The van der Waals surface area contributed by atoms with Crippen LogP contribution in [0.1, 0.15) is 32.3 Å². The molecule has 0 aliphatic rings. The van der Waals surface area contributed by atoms with Crippen LogP contribution in [-0.2, 0) is 6.42 Å². The average Bonchev–Trinajstić information content (AvgIpc) is 2.30. The highest BCUT2D eigenvalue weighted by atomic mass is 16.3. The molecule has 2 N–H and O–H groups in total. The summed E-state index contributed by atoms with van der Waals surface area (Å²) in [5.41, 5.74) is 1.36. The second-order valence-electron chi connectivity index (χ2n) is 4.43. The number of hydrogen-bond acceptors (Lipinski definition) is 2. The second kappa shape index (κ2) is 7.42. The highest BCUT2D eigenvalue weighted by molar-refractivity contribution is 5.15. The molecule has 0 fully saturated rings. The molecule has 0 bridgehead atoms. The predicted octanol–water partition coefficient (Wildman–Crippen LogP) is 2.37. The molecule has 2 heteroatoms. The fourth-order valence-corrected chi connectivity index (χ4v) is 1.95. The van der Waals surface area contributed by atoms with Crippen molar-refractivity contribution in [3.8, 4) is 0 Å². The molecule has 90 valence electrons. The molecule has 2 nitrogen and oxygen atoms in total. The summed E-state index contributed by atoms with van der Waals surface area (Å²) in [6.07, 6.45) is 3.36. The van der Waals surface area contributed by atoms with Gasteiger partial charge in [0.05, 0.1) is 6.61 Å². The predicted molar refractivity (Wildman–Crippen MR) is 68.5 cm³/mol. The summed E-state index contributed by atoms with van der Waals surface area (Å²) < 4.78 is 0. The van der Waals surface area contributed by atoms with Crippen LogP contribution >= 0.6 is 0 Å². The number of aliphatic hydroxyl groups excluding tert-OH is 1. The summed E-state index contributed by atoms with van der Waals surface area (Å²) in [5.74, 6) is 0. The Balaban J connectivity index is 2.50. The molecule has 0 aliphatic heterocycles. The Bertz CT molecular complexity index is 273. The lowest BCUT2D eigenvalue weighted by atomic mass is 10.0. The zero-order chi connectivity index (χ0) is 11.8. The van der Waals surface area contributed by atoms with Crippen molar-refractivity contribution >= 4 is 0 Å². The summed E-state index contributed by atoms with van der Waals surface area (Å²) in [6.45, 7) is 4.42. The Kier molecular flexibility index (Phi) is 6.12. The van der Waals surface area contributed by atoms with Gasteiger partial charge in [-0.15, -0.1) is 0 Å². The fraction of sp³-hybridized carbons (Fsp3) is 0.571. The molecule has 0 saturated heterocycles. The molecular formula is C14H23NO. The highest BCUT2D eigenvalue weighted by Crippen LogP contribution is 2.08. The molecule has 0 amide bonds. The topological polar surface area (TPSA) is 32.3 Å². The van der Waals surface area contributed by atoms with Crippen LogP contribution in [0.15, 0.2) is 30.3 Å². The standard InChI is InChI=1S/C14H23NO/c1-3-7-14(15-12(2)11-16)10-13-8-5-4-6-9-13/h4-6,8-9,12,14-16H,3,7,10-11H2,1-2H3/t12-,14?/m1/s1. The first-order valence-corrected chi connectivity index (χ1v) is 6.17. The van der Waals surface area contributed by atoms with Gasteiger partial charge in [-0.1, -0.05) is 43.7 Å². The number of hydrogen-bond donors (Lipinski definition) is 2. The van der Waals surface area contributed by atoms with E-state index >= 15 is 0 Å². The number of rotatable bonds is 7. The summed E-state index contributed by atoms with van der Waals surface area (Å²) >= 11 is 0. The Morgan fingerprint density at radius 3 is 2.50 bits per heavy atom. The smallest absolute Gasteiger partial charge is 0.0582 e. The van der Waals surface area contributed by atoms with E-state index in [2.05, 4.69) is 36.5 Å². The van der Waals surface area contributed by atoms with Crippen molar-refractivity contribution in [3.63, 3.8) is 0 Å². The van der Waals surface area contributed by atoms with E-state index < -0.39 is 0 Å². The van der Waals surface area contributed by atoms with Crippen molar-refractivity contribution in [1.82, 2.24) is 5.32 Å². The first-order chi connectivity index (χ1) is 7.76. The Labute approximate surface area is 98.7 Å². The normalized spacial score (nSPS) is 14.7. The van der Waals surface area contributed by atoms with Crippen molar-refractivity contribution in [2.24, 2.45) is 0 Å². The van der Waals surface area contributed by atoms with Crippen molar-refractivity contribution in [2.75, 3.05) is 6.61 Å². The van der Waals surface area contributed by atoms with Gasteiger partial charge in [0.15, 0.2) is 0 Å². The molecule has 16 heavy (non-hydrogen) atoms. The molecule has 1 aromatic rings. The van der Waals surface area contributed by atoms with E-state index in [4.69, 9.17) is 5.11 Å². The molecule has 1 aromatic carbocycles. The number of nitrogens with one attached hydrogen (secondary N) is 1. The van der Waals surface area contributed by atoms with Gasteiger partial charge >= 0.3 is 0 Å². The van der Waals surface area contributed by atoms with E-state index in [0.717, 1.165) is 12.8 Å². The highest BCUT2D eigenvalue weighted by Gasteiger charge is 2.11. The Morgan fingerprint density at radius 1 is 1.25 bits per heavy atom. The van der Waals surface area contributed by atoms with Crippen LogP contribution in [0.25, 0.3) is 0 Å². The zero-order valence-electron chi connectivity index (χ0n) is 10.3. The minimum atomic E-state index is 0.181. The lowest BCUT2D eigenvalue weighted by Crippen LogP contribution is -2.39. The lowest BCUT2D eigenvalue weighted by Gasteiger charge is -2.22. The van der Waals surface area contributed by atoms with Crippen molar-refractivity contribution in [1.29, 1.82) is 0 Å². The van der Waals surface area contributed by atoms with Crippen LogP contribution in [-0.4, -0.2) is 23.8 Å². The monoisotopic (exact) mass is 221 g/mol. The quantitative estimate of drug-likeness (QED) is 0.741. The maximum Gasteiger partial charge on any atom is 0.0582 e. The van der Waals surface area contributed by atoms with Gasteiger partial charge in [0.25, 0.3) is 0 Å². The maximum atomic E-state index is 9.06. The molecular weight excluding hydrogens is 198 g/mol. The minimum absolute atomic E-state index is 0.181. The molecule has 0 aliphatic carbocycles. The van der Waals surface area contributed by atoms with Gasteiger partial charge in [-0.2, -0.15) is 0 Å². The summed E-state index contributed by atoms with van der Waals surface area (Å²) in [6, 6.07) is 11.2. The van der Waals surface area contributed by atoms with Gasteiger partial charge in [-0.05, 0) is 25.3 Å². The van der Waals surface area contributed by atoms with E-state index in [1.165, 1.54) is 12.0 Å². The lowest BCUT2D eigenvalue weighted by molar-refractivity contribution is 0.237. The minimum Gasteiger partial charge on any atom is -0.395 e.